The van der Waals surface area contributed by atoms with E-state index in [1.807, 2.05) is 6.08 Å². The smallest absolute Gasteiger partial charge is 0.00742 e. The van der Waals surface area contributed by atoms with E-state index in [1.54, 1.807) is 0 Å². The number of allylic oxidation sites excluding steroid dienone is 3. The highest BCUT2D eigenvalue weighted by atomic mass is 14.1. The summed E-state index contributed by atoms with van der Waals surface area (Å²) in [4.78, 5) is 0. The van der Waals surface area contributed by atoms with Crippen molar-refractivity contribution in [2.24, 2.45) is 0 Å². The number of hydrogen-bond donors (Lipinski definition) is 0. The van der Waals surface area contributed by atoms with E-state index < -0.39 is 0 Å². The van der Waals surface area contributed by atoms with Crippen LogP contribution in [-0.2, 0) is 0 Å². The molecule has 0 aliphatic heterocycles. The summed E-state index contributed by atoms with van der Waals surface area (Å²) in [7, 11) is 0. The average Bonchev–Trinajstić information content (AvgIpc) is 1.91. The summed E-state index contributed by atoms with van der Waals surface area (Å²) in [5.74, 6) is 0. The lowest BCUT2D eigenvalue weighted by Gasteiger charge is -2.08. The van der Waals surface area contributed by atoms with Crippen molar-refractivity contribution in [3.8, 4) is 0 Å². The van der Waals surface area contributed by atoms with Gasteiger partial charge in [0.25, 0.3) is 0 Å². The van der Waals surface area contributed by atoms with Crippen molar-refractivity contribution in [3.63, 3.8) is 0 Å². The predicted molar refractivity (Wildman–Crippen MR) is 41.0 cm³/mol. The summed E-state index contributed by atoms with van der Waals surface area (Å²) in [5.41, 5.74) is 1.47. The number of hydrogen-bond acceptors (Lipinski definition) is 0. The molecule has 0 amide bonds. The molecule has 0 aromatic heterocycles. The van der Waals surface area contributed by atoms with Crippen LogP contribution < -0.4 is 0 Å². The van der Waals surface area contributed by atoms with E-state index in [-0.39, 0.29) is 0 Å². The standard InChI is InChI=1S/C9H13/c1-2-6-9-7-4-3-5-8-9/h2,6-7H,1,3-5,8H2. The van der Waals surface area contributed by atoms with E-state index in [1.165, 1.54) is 31.3 Å². The second-order valence-electron chi connectivity index (χ2n) is 2.43. The van der Waals surface area contributed by atoms with Crippen LogP contribution >= 0.6 is 0 Å². The Bertz CT molecular complexity index is 120. The Labute approximate surface area is 57.3 Å². The van der Waals surface area contributed by atoms with E-state index in [0.29, 0.717) is 0 Å². The molecule has 0 heterocycles. The average molecular weight is 121 g/mol. The molecule has 0 fully saturated rings. The lowest BCUT2D eigenvalue weighted by molar-refractivity contribution is 0.707. The molecule has 0 bridgehead atoms. The molecule has 1 rings (SSSR count). The van der Waals surface area contributed by atoms with Gasteiger partial charge in [-0.2, -0.15) is 0 Å². The molecule has 0 saturated carbocycles. The third-order valence-corrected chi connectivity index (χ3v) is 1.66. The van der Waals surface area contributed by atoms with Gasteiger partial charge in [0.1, 0.15) is 0 Å². The van der Waals surface area contributed by atoms with Gasteiger partial charge in [-0.05, 0) is 25.7 Å². The van der Waals surface area contributed by atoms with E-state index in [4.69, 9.17) is 0 Å². The molecular formula is C9H13. The molecule has 0 heteroatoms. The second kappa shape index (κ2) is 3.49. The maximum Gasteiger partial charge on any atom is 0.00742 e. The van der Waals surface area contributed by atoms with Crippen LogP contribution in [0, 0.1) is 6.42 Å². The summed E-state index contributed by atoms with van der Waals surface area (Å²) < 4.78 is 0. The first kappa shape index (κ1) is 6.60. The second-order valence-corrected chi connectivity index (χ2v) is 2.43. The molecular weight excluding hydrogens is 108 g/mol. The Morgan fingerprint density at radius 1 is 1.44 bits per heavy atom. The van der Waals surface area contributed by atoms with Gasteiger partial charge in [-0.25, -0.2) is 0 Å². The van der Waals surface area contributed by atoms with Crippen LogP contribution in [0.1, 0.15) is 25.7 Å². The van der Waals surface area contributed by atoms with Gasteiger partial charge in [0, 0.05) is 6.42 Å². The minimum Gasteiger partial charge on any atom is -0.102 e. The molecule has 1 radical (unpaired) electrons. The molecule has 9 heavy (non-hydrogen) atoms. The van der Waals surface area contributed by atoms with Crippen LogP contribution in [-0.4, -0.2) is 0 Å². The first-order valence-corrected chi connectivity index (χ1v) is 3.58. The largest absolute Gasteiger partial charge is 0.102 e. The molecule has 1 aliphatic rings. The van der Waals surface area contributed by atoms with Crippen molar-refractivity contribution in [1.82, 2.24) is 0 Å². The van der Waals surface area contributed by atoms with E-state index >= 15 is 0 Å². The third-order valence-electron chi connectivity index (χ3n) is 1.66. The van der Waals surface area contributed by atoms with E-state index in [2.05, 4.69) is 19.1 Å². The van der Waals surface area contributed by atoms with Gasteiger partial charge >= 0.3 is 0 Å². The van der Waals surface area contributed by atoms with Gasteiger partial charge in [-0.3, -0.25) is 0 Å². The Kier molecular flexibility index (Phi) is 2.56. The van der Waals surface area contributed by atoms with Crippen molar-refractivity contribution in [2.75, 3.05) is 0 Å². The summed E-state index contributed by atoms with van der Waals surface area (Å²) in [6.45, 7) is 3.66. The van der Waals surface area contributed by atoms with Crippen LogP contribution in [0.2, 0.25) is 0 Å². The molecule has 0 aromatic rings. The van der Waals surface area contributed by atoms with Gasteiger partial charge in [-0.15, -0.1) is 6.58 Å². The molecule has 0 nitrogen and oxygen atoms in total. The first-order valence-electron chi connectivity index (χ1n) is 3.58. The summed E-state index contributed by atoms with van der Waals surface area (Å²) >= 11 is 0. The van der Waals surface area contributed by atoms with Crippen molar-refractivity contribution >= 4 is 0 Å². The summed E-state index contributed by atoms with van der Waals surface area (Å²) in [5, 5.41) is 0. The minimum atomic E-state index is 1.26. The van der Waals surface area contributed by atoms with Crippen LogP contribution in [0.15, 0.2) is 24.3 Å². The fraction of sp³-hybridized carbons (Fsp3) is 0.444. The fourth-order valence-corrected chi connectivity index (χ4v) is 1.17. The summed E-state index contributed by atoms with van der Waals surface area (Å²) in [6.07, 6.45) is 11.5. The van der Waals surface area contributed by atoms with Crippen LogP contribution in [0.3, 0.4) is 0 Å². The van der Waals surface area contributed by atoms with Crippen molar-refractivity contribution < 1.29 is 0 Å². The lowest BCUT2D eigenvalue weighted by Crippen LogP contribution is -1.90. The van der Waals surface area contributed by atoms with Gasteiger partial charge < -0.3 is 0 Å². The highest BCUT2D eigenvalue weighted by Gasteiger charge is 2.00. The zero-order valence-corrected chi connectivity index (χ0v) is 5.77. The summed E-state index contributed by atoms with van der Waals surface area (Å²) in [6, 6.07) is 0. The zero-order valence-electron chi connectivity index (χ0n) is 5.77. The first-order chi connectivity index (χ1) is 4.43. The van der Waals surface area contributed by atoms with Crippen LogP contribution in [0.4, 0.5) is 0 Å². The maximum absolute atomic E-state index is 3.66. The topological polar surface area (TPSA) is 0 Å². The molecule has 1 aliphatic carbocycles. The fourth-order valence-electron chi connectivity index (χ4n) is 1.17. The lowest BCUT2D eigenvalue weighted by atomic mass is 9.97. The Morgan fingerprint density at radius 3 is 2.89 bits per heavy atom. The number of rotatable bonds is 2. The van der Waals surface area contributed by atoms with E-state index in [9.17, 15) is 0 Å². The third kappa shape index (κ3) is 2.05. The monoisotopic (exact) mass is 121 g/mol. The van der Waals surface area contributed by atoms with Crippen LogP contribution in [0.25, 0.3) is 0 Å². The zero-order chi connectivity index (χ0) is 6.53. The molecule has 0 unspecified atom stereocenters. The molecule has 0 N–H and O–H groups in total. The highest BCUT2D eigenvalue weighted by Crippen LogP contribution is 2.18. The van der Waals surface area contributed by atoms with Crippen molar-refractivity contribution in [2.45, 2.75) is 25.7 Å². The van der Waals surface area contributed by atoms with Crippen molar-refractivity contribution in [3.05, 3.63) is 30.7 Å². The van der Waals surface area contributed by atoms with Crippen LogP contribution in [0.5, 0.6) is 0 Å². The van der Waals surface area contributed by atoms with Gasteiger partial charge in [0.15, 0.2) is 0 Å². The van der Waals surface area contributed by atoms with E-state index in [0.717, 1.165) is 0 Å². The Morgan fingerprint density at radius 2 is 2.33 bits per heavy atom. The normalized spacial score (nSPS) is 18.9. The Hall–Kier alpha value is -0.520. The quantitative estimate of drug-likeness (QED) is 0.527. The predicted octanol–water partition coefficient (Wildman–Crippen LogP) is 2.88. The minimum absolute atomic E-state index is 1.26. The van der Waals surface area contributed by atoms with Gasteiger partial charge in [-0.1, -0.05) is 17.7 Å². The molecule has 0 atom stereocenters. The van der Waals surface area contributed by atoms with Gasteiger partial charge in [0.2, 0.25) is 0 Å². The van der Waals surface area contributed by atoms with Gasteiger partial charge in [0.05, 0.1) is 0 Å². The molecule has 0 aromatic carbocycles. The SMILES string of the molecule is C=C[CH]C1=CCCCC1. The molecule has 0 spiro atoms. The van der Waals surface area contributed by atoms with Crippen molar-refractivity contribution in [1.29, 1.82) is 0 Å². The Balaban J connectivity index is 2.36. The molecule has 0 saturated heterocycles. The maximum atomic E-state index is 3.66. The highest BCUT2D eigenvalue weighted by molar-refractivity contribution is 5.20. The molecule has 49 valence electrons.